The Hall–Kier alpha value is -2.69. The lowest BCUT2D eigenvalue weighted by Crippen LogP contribution is -2.05. The molecule has 0 bridgehead atoms. The summed E-state index contributed by atoms with van der Waals surface area (Å²) in [5.41, 5.74) is 8.62. The van der Waals surface area contributed by atoms with Gasteiger partial charge in [0.05, 0.1) is 5.52 Å². The molecule has 3 rings (SSSR count). The van der Waals surface area contributed by atoms with Gasteiger partial charge in [0.2, 0.25) is 0 Å². The Balaban J connectivity index is 2.10. The molecule has 0 aliphatic heterocycles. The van der Waals surface area contributed by atoms with Gasteiger partial charge in [0, 0.05) is 22.8 Å². The van der Waals surface area contributed by atoms with E-state index >= 15 is 0 Å². The van der Waals surface area contributed by atoms with Gasteiger partial charge in [-0.3, -0.25) is 4.98 Å². The molecule has 0 unspecified atom stereocenters. The molecule has 0 aliphatic carbocycles. The highest BCUT2D eigenvalue weighted by molar-refractivity contribution is 5.93. The predicted molar refractivity (Wildman–Crippen MR) is 80.9 cm³/mol. The molecule has 0 aliphatic rings. The molecule has 0 amide bonds. The van der Waals surface area contributed by atoms with E-state index in [2.05, 4.69) is 20.3 Å². The van der Waals surface area contributed by atoms with Crippen LogP contribution in [0.3, 0.4) is 0 Å². The van der Waals surface area contributed by atoms with Crippen molar-refractivity contribution in [1.82, 2.24) is 15.0 Å². The number of nitrogen functional groups attached to an aromatic ring is 1. The third-order valence-electron chi connectivity index (χ3n) is 3.19. The molecule has 0 saturated heterocycles. The van der Waals surface area contributed by atoms with Crippen LogP contribution in [0, 0.1) is 13.8 Å². The minimum Gasteiger partial charge on any atom is -0.383 e. The molecule has 0 saturated carbocycles. The molecule has 5 heteroatoms. The SMILES string of the molecule is Cc1nc(N)c(C)c(Nc2cccc3ncccc23)n1. The van der Waals surface area contributed by atoms with Crippen LogP contribution in [0.1, 0.15) is 11.4 Å². The number of anilines is 3. The number of rotatable bonds is 2. The van der Waals surface area contributed by atoms with Crippen LogP contribution in [-0.2, 0) is 0 Å². The molecule has 100 valence electrons. The number of aryl methyl sites for hydroxylation is 1. The average Bonchev–Trinajstić information content (AvgIpc) is 2.44. The van der Waals surface area contributed by atoms with Gasteiger partial charge in [0.15, 0.2) is 0 Å². The number of benzene rings is 1. The van der Waals surface area contributed by atoms with E-state index in [-0.39, 0.29) is 0 Å². The van der Waals surface area contributed by atoms with E-state index in [0.717, 1.165) is 28.0 Å². The lowest BCUT2D eigenvalue weighted by molar-refractivity contribution is 1.05. The summed E-state index contributed by atoms with van der Waals surface area (Å²) in [6.45, 7) is 3.73. The molecule has 3 aromatic rings. The van der Waals surface area contributed by atoms with E-state index in [1.165, 1.54) is 0 Å². The molecule has 0 atom stereocenters. The Morgan fingerprint density at radius 2 is 1.90 bits per heavy atom. The largest absolute Gasteiger partial charge is 0.383 e. The van der Waals surface area contributed by atoms with Crippen molar-refractivity contribution in [1.29, 1.82) is 0 Å². The number of nitrogens with one attached hydrogen (secondary N) is 1. The second-order valence-electron chi connectivity index (χ2n) is 4.63. The van der Waals surface area contributed by atoms with Crippen LogP contribution < -0.4 is 11.1 Å². The number of nitrogens with zero attached hydrogens (tertiary/aromatic N) is 3. The molecule has 20 heavy (non-hydrogen) atoms. The maximum absolute atomic E-state index is 5.88. The molecule has 5 nitrogen and oxygen atoms in total. The van der Waals surface area contributed by atoms with Crippen LogP contribution in [0.4, 0.5) is 17.3 Å². The molecule has 0 radical (unpaired) electrons. The summed E-state index contributed by atoms with van der Waals surface area (Å²) >= 11 is 0. The first-order valence-electron chi connectivity index (χ1n) is 6.36. The first-order chi connectivity index (χ1) is 9.65. The summed E-state index contributed by atoms with van der Waals surface area (Å²) in [6, 6.07) is 9.88. The van der Waals surface area contributed by atoms with Crippen LogP contribution in [-0.4, -0.2) is 15.0 Å². The molecular weight excluding hydrogens is 250 g/mol. The van der Waals surface area contributed by atoms with Gasteiger partial charge in [0.25, 0.3) is 0 Å². The summed E-state index contributed by atoms with van der Waals surface area (Å²) in [5.74, 6) is 1.87. The summed E-state index contributed by atoms with van der Waals surface area (Å²) in [7, 11) is 0. The van der Waals surface area contributed by atoms with Crippen molar-refractivity contribution < 1.29 is 0 Å². The van der Waals surface area contributed by atoms with Crippen molar-refractivity contribution in [3.05, 3.63) is 47.9 Å². The fraction of sp³-hybridized carbons (Fsp3) is 0.133. The van der Waals surface area contributed by atoms with Crippen molar-refractivity contribution in [2.24, 2.45) is 0 Å². The molecule has 3 N–H and O–H groups in total. The molecule has 0 spiro atoms. The van der Waals surface area contributed by atoms with Crippen LogP contribution in [0.25, 0.3) is 10.9 Å². The van der Waals surface area contributed by atoms with Crippen LogP contribution in [0.5, 0.6) is 0 Å². The maximum Gasteiger partial charge on any atom is 0.139 e. The van der Waals surface area contributed by atoms with E-state index in [1.54, 1.807) is 6.20 Å². The summed E-state index contributed by atoms with van der Waals surface area (Å²) < 4.78 is 0. The molecular formula is C15H15N5. The number of hydrogen-bond donors (Lipinski definition) is 2. The third kappa shape index (κ3) is 2.14. The summed E-state index contributed by atoms with van der Waals surface area (Å²) in [5, 5.41) is 4.37. The van der Waals surface area contributed by atoms with Crippen molar-refractivity contribution in [2.75, 3.05) is 11.1 Å². The Kier molecular flexibility index (Phi) is 2.95. The molecule has 1 aromatic carbocycles. The topological polar surface area (TPSA) is 76.7 Å². The highest BCUT2D eigenvalue weighted by atomic mass is 15.1. The highest BCUT2D eigenvalue weighted by Gasteiger charge is 2.08. The molecule has 2 heterocycles. The van der Waals surface area contributed by atoms with E-state index in [1.807, 2.05) is 44.2 Å². The normalized spacial score (nSPS) is 10.7. The molecule has 0 fully saturated rings. The van der Waals surface area contributed by atoms with Gasteiger partial charge in [-0.15, -0.1) is 0 Å². The van der Waals surface area contributed by atoms with Crippen LogP contribution in [0.15, 0.2) is 36.5 Å². The number of fused-ring (bicyclic) bond motifs is 1. The predicted octanol–water partition coefficient (Wildman–Crippen LogP) is 2.97. The van der Waals surface area contributed by atoms with Crippen molar-refractivity contribution in [3.8, 4) is 0 Å². The Bertz CT molecular complexity index is 777. The molecule has 2 aromatic heterocycles. The Morgan fingerprint density at radius 1 is 1.05 bits per heavy atom. The monoisotopic (exact) mass is 265 g/mol. The highest BCUT2D eigenvalue weighted by Crippen LogP contribution is 2.27. The van der Waals surface area contributed by atoms with Gasteiger partial charge in [-0.05, 0) is 38.1 Å². The van der Waals surface area contributed by atoms with Crippen LogP contribution >= 0.6 is 0 Å². The number of aromatic nitrogens is 3. The number of hydrogen-bond acceptors (Lipinski definition) is 5. The van der Waals surface area contributed by atoms with E-state index in [9.17, 15) is 0 Å². The standard InChI is InChI=1S/C15H15N5/c1-9-14(16)18-10(2)19-15(9)20-13-7-3-6-12-11(13)5-4-8-17-12/h3-8H,1-2H3,(H3,16,18,19,20). The second kappa shape index (κ2) is 4.77. The van der Waals surface area contributed by atoms with Crippen molar-refractivity contribution in [3.63, 3.8) is 0 Å². The van der Waals surface area contributed by atoms with E-state index in [0.29, 0.717) is 11.6 Å². The Morgan fingerprint density at radius 3 is 2.75 bits per heavy atom. The summed E-state index contributed by atoms with van der Waals surface area (Å²) in [6.07, 6.45) is 1.78. The smallest absolute Gasteiger partial charge is 0.139 e. The fourth-order valence-corrected chi connectivity index (χ4v) is 2.11. The minimum absolute atomic E-state index is 0.498. The van der Waals surface area contributed by atoms with E-state index < -0.39 is 0 Å². The van der Waals surface area contributed by atoms with Crippen molar-refractivity contribution >= 4 is 28.2 Å². The van der Waals surface area contributed by atoms with Gasteiger partial charge in [0.1, 0.15) is 17.5 Å². The lowest BCUT2D eigenvalue weighted by atomic mass is 10.1. The minimum atomic E-state index is 0.498. The lowest BCUT2D eigenvalue weighted by Gasteiger charge is -2.12. The number of pyridine rings is 1. The van der Waals surface area contributed by atoms with Crippen molar-refractivity contribution in [2.45, 2.75) is 13.8 Å². The number of nitrogens with two attached hydrogens (primary N) is 1. The van der Waals surface area contributed by atoms with Gasteiger partial charge in [-0.25, -0.2) is 9.97 Å². The van der Waals surface area contributed by atoms with Gasteiger partial charge < -0.3 is 11.1 Å². The van der Waals surface area contributed by atoms with Crippen LogP contribution in [0.2, 0.25) is 0 Å². The zero-order chi connectivity index (χ0) is 14.1. The van der Waals surface area contributed by atoms with Gasteiger partial charge in [-0.1, -0.05) is 6.07 Å². The summed E-state index contributed by atoms with van der Waals surface area (Å²) in [4.78, 5) is 12.9. The van der Waals surface area contributed by atoms with E-state index in [4.69, 9.17) is 5.73 Å². The quantitative estimate of drug-likeness (QED) is 0.745. The first-order valence-corrected chi connectivity index (χ1v) is 6.36. The average molecular weight is 265 g/mol. The zero-order valence-corrected chi connectivity index (χ0v) is 11.4. The Labute approximate surface area is 116 Å². The van der Waals surface area contributed by atoms with Gasteiger partial charge >= 0.3 is 0 Å². The second-order valence-corrected chi connectivity index (χ2v) is 4.63. The fourth-order valence-electron chi connectivity index (χ4n) is 2.11. The third-order valence-corrected chi connectivity index (χ3v) is 3.19. The first kappa shape index (κ1) is 12.3. The zero-order valence-electron chi connectivity index (χ0n) is 11.4. The maximum atomic E-state index is 5.88. The van der Waals surface area contributed by atoms with Gasteiger partial charge in [-0.2, -0.15) is 0 Å².